The van der Waals surface area contributed by atoms with Gasteiger partial charge in [0.15, 0.2) is 0 Å². The van der Waals surface area contributed by atoms with Gasteiger partial charge in [0.1, 0.15) is 23.7 Å². The summed E-state index contributed by atoms with van der Waals surface area (Å²) in [7, 11) is 0. The highest BCUT2D eigenvalue weighted by atomic mass is 32.1. The Morgan fingerprint density at radius 2 is 1.86 bits per heavy atom. The van der Waals surface area contributed by atoms with E-state index in [2.05, 4.69) is 59.7 Å². The molecule has 5 rings (SSSR count). The number of thiophene rings is 1. The fraction of sp³-hybridized carbons (Fsp3) is 0.452. The van der Waals surface area contributed by atoms with Crippen molar-refractivity contribution in [1.82, 2.24) is 4.90 Å². The van der Waals surface area contributed by atoms with Gasteiger partial charge in [-0.25, -0.2) is 0 Å². The average molecular weight is 520 g/mol. The van der Waals surface area contributed by atoms with E-state index in [1.54, 1.807) is 11.3 Å². The largest absolute Gasteiger partial charge is 0.492 e. The monoisotopic (exact) mass is 519 g/mol. The van der Waals surface area contributed by atoms with Crippen molar-refractivity contribution in [3.05, 3.63) is 69.9 Å². The standard InChI is InChI=1S/C31H37NO4S/c1-22-25(23-8-6-5-7-9-23)20-37-28(22)19-34-24-10-11-26-27(18-24)35-21-31(26)13-16-32(17-14-31)15-12-29(33)36-30(2,3)4/h5-11,18,20H,12-17,19,21H2,1-4H3. The molecule has 3 heterocycles. The number of carbonyl (C=O) groups excluding carboxylic acids is 1. The predicted molar refractivity (Wildman–Crippen MR) is 149 cm³/mol. The van der Waals surface area contributed by atoms with Crippen molar-refractivity contribution in [3.63, 3.8) is 0 Å². The average Bonchev–Trinajstić information content (AvgIpc) is 3.42. The van der Waals surface area contributed by atoms with Gasteiger partial charge >= 0.3 is 5.97 Å². The molecule has 0 unspecified atom stereocenters. The minimum atomic E-state index is -0.426. The van der Waals surface area contributed by atoms with Crippen LogP contribution in [0.25, 0.3) is 11.1 Å². The summed E-state index contributed by atoms with van der Waals surface area (Å²) in [5.74, 6) is 1.68. The molecule has 0 amide bonds. The van der Waals surface area contributed by atoms with Crippen LogP contribution < -0.4 is 9.47 Å². The molecule has 1 aromatic heterocycles. The Kier molecular flexibility index (Phi) is 7.32. The van der Waals surface area contributed by atoms with E-state index in [1.165, 1.54) is 27.1 Å². The number of benzene rings is 2. The maximum absolute atomic E-state index is 12.1. The van der Waals surface area contributed by atoms with E-state index in [0.717, 1.165) is 50.6 Å². The molecule has 0 atom stereocenters. The van der Waals surface area contributed by atoms with Gasteiger partial charge in [0, 0.05) is 28.5 Å². The third kappa shape index (κ3) is 5.86. The lowest BCUT2D eigenvalue weighted by molar-refractivity contribution is -0.155. The third-order valence-corrected chi connectivity index (χ3v) is 8.55. The molecule has 0 radical (unpaired) electrons. The summed E-state index contributed by atoms with van der Waals surface area (Å²) in [5.41, 5.74) is 4.74. The van der Waals surface area contributed by atoms with Gasteiger partial charge in [-0.15, -0.1) is 11.3 Å². The zero-order valence-electron chi connectivity index (χ0n) is 22.3. The van der Waals surface area contributed by atoms with E-state index >= 15 is 0 Å². The van der Waals surface area contributed by atoms with Crippen LogP contribution in [0.15, 0.2) is 53.9 Å². The number of piperidine rings is 1. The van der Waals surface area contributed by atoms with Gasteiger partial charge in [0.25, 0.3) is 0 Å². The topological polar surface area (TPSA) is 48.0 Å². The fourth-order valence-electron chi connectivity index (χ4n) is 5.35. The number of rotatable bonds is 7. The Bertz CT molecular complexity index is 1240. The van der Waals surface area contributed by atoms with Crippen molar-refractivity contribution in [1.29, 1.82) is 0 Å². The van der Waals surface area contributed by atoms with E-state index in [4.69, 9.17) is 14.2 Å². The van der Waals surface area contributed by atoms with Gasteiger partial charge in [-0.05, 0) is 81.8 Å². The second-order valence-corrected chi connectivity index (χ2v) is 12.2. The molecule has 2 aromatic carbocycles. The van der Waals surface area contributed by atoms with Gasteiger partial charge in [0.2, 0.25) is 0 Å². The normalized spacial score (nSPS) is 16.9. The molecule has 5 nitrogen and oxygen atoms in total. The lowest BCUT2D eigenvalue weighted by Gasteiger charge is -2.38. The zero-order chi connectivity index (χ0) is 26.0. The van der Waals surface area contributed by atoms with Crippen LogP contribution in [0.5, 0.6) is 11.5 Å². The maximum Gasteiger partial charge on any atom is 0.307 e. The molecule has 37 heavy (non-hydrogen) atoms. The fourth-order valence-corrected chi connectivity index (χ4v) is 6.34. The Morgan fingerprint density at radius 1 is 1.11 bits per heavy atom. The molecular weight excluding hydrogens is 482 g/mol. The van der Waals surface area contributed by atoms with Crippen molar-refractivity contribution in [2.45, 2.75) is 64.6 Å². The maximum atomic E-state index is 12.1. The Balaban J connectivity index is 1.16. The molecule has 3 aromatic rings. The molecule has 1 fully saturated rings. The molecule has 0 aliphatic carbocycles. The SMILES string of the molecule is Cc1c(-c2ccccc2)csc1COc1ccc2c(c1)OCC21CCN(CCC(=O)OC(C)(C)C)CC1. The summed E-state index contributed by atoms with van der Waals surface area (Å²) in [6, 6.07) is 16.8. The van der Waals surface area contributed by atoms with Crippen molar-refractivity contribution >= 4 is 17.3 Å². The lowest BCUT2D eigenvalue weighted by atomic mass is 9.74. The van der Waals surface area contributed by atoms with Crippen LogP contribution in [0.4, 0.5) is 0 Å². The summed E-state index contributed by atoms with van der Waals surface area (Å²) in [5, 5.41) is 2.22. The van der Waals surface area contributed by atoms with Gasteiger partial charge in [-0.1, -0.05) is 36.4 Å². The third-order valence-electron chi connectivity index (χ3n) is 7.49. The second kappa shape index (κ2) is 10.5. The minimum absolute atomic E-state index is 0.0607. The molecule has 0 bridgehead atoms. The first kappa shape index (κ1) is 25.8. The number of fused-ring (bicyclic) bond motifs is 2. The zero-order valence-corrected chi connectivity index (χ0v) is 23.2. The van der Waals surface area contributed by atoms with Gasteiger partial charge in [0.05, 0.1) is 13.0 Å². The van der Waals surface area contributed by atoms with E-state index in [9.17, 15) is 4.79 Å². The van der Waals surface area contributed by atoms with E-state index in [-0.39, 0.29) is 11.4 Å². The number of carbonyl (C=O) groups is 1. The summed E-state index contributed by atoms with van der Waals surface area (Å²) < 4.78 is 17.9. The molecule has 196 valence electrons. The first-order chi connectivity index (χ1) is 17.7. The number of likely N-dealkylation sites (tertiary alicyclic amines) is 1. The summed E-state index contributed by atoms with van der Waals surface area (Å²) >= 11 is 1.75. The molecule has 2 aliphatic heterocycles. The first-order valence-corrected chi connectivity index (χ1v) is 14.1. The van der Waals surface area contributed by atoms with Crippen LogP contribution in [-0.4, -0.2) is 42.7 Å². The summed E-state index contributed by atoms with van der Waals surface area (Å²) in [6.07, 6.45) is 2.50. The molecule has 2 aliphatic rings. The summed E-state index contributed by atoms with van der Waals surface area (Å²) in [6.45, 7) is 11.9. The molecular formula is C31H37NO4S. The highest BCUT2D eigenvalue weighted by Gasteiger charge is 2.43. The van der Waals surface area contributed by atoms with Gasteiger partial charge in [-0.2, -0.15) is 0 Å². The smallest absolute Gasteiger partial charge is 0.307 e. The molecule has 6 heteroatoms. The molecule has 1 spiro atoms. The number of nitrogens with zero attached hydrogens (tertiary/aromatic N) is 1. The van der Waals surface area contributed by atoms with Crippen LogP contribution in [-0.2, 0) is 21.6 Å². The summed E-state index contributed by atoms with van der Waals surface area (Å²) in [4.78, 5) is 15.7. The second-order valence-electron chi connectivity index (χ2n) is 11.3. The Labute approximate surface area is 224 Å². The van der Waals surface area contributed by atoms with Crippen LogP contribution in [0.2, 0.25) is 0 Å². The number of hydrogen-bond donors (Lipinski definition) is 0. The van der Waals surface area contributed by atoms with Gasteiger partial charge in [-0.3, -0.25) is 4.79 Å². The Hall–Kier alpha value is -2.83. The van der Waals surface area contributed by atoms with Crippen LogP contribution in [0.3, 0.4) is 0 Å². The molecule has 0 N–H and O–H groups in total. The highest BCUT2D eigenvalue weighted by Crippen LogP contribution is 2.47. The van der Waals surface area contributed by atoms with Gasteiger partial charge < -0.3 is 19.1 Å². The van der Waals surface area contributed by atoms with Crippen LogP contribution in [0.1, 0.15) is 56.0 Å². The van der Waals surface area contributed by atoms with E-state index in [1.807, 2.05) is 26.8 Å². The first-order valence-electron chi connectivity index (χ1n) is 13.2. The van der Waals surface area contributed by atoms with E-state index in [0.29, 0.717) is 13.0 Å². The molecule has 0 saturated carbocycles. The number of ether oxygens (including phenoxy) is 3. The predicted octanol–water partition coefficient (Wildman–Crippen LogP) is 6.76. The van der Waals surface area contributed by atoms with Crippen molar-refractivity contribution in [2.75, 3.05) is 26.2 Å². The highest BCUT2D eigenvalue weighted by molar-refractivity contribution is 7.10. The van der Waals surface area contributed by atoms with E-state index < -0.39 is 5.60 Å². The number of esters is 1. The Morgan fingerprint density at radius 3 is 2.59 bits per heavy atom. The quantitative estimate of drug-likeness (QED) is 0.323. The van der Waals surface area contributed by atoms with Crippen molar-refractivity contribution < 1.29 is 19.0 Å². The van der Waals surface area contributed by atoms with Crippen molar-refractivity contribution in [3.8, 4) is 22.6 Å². The van der Waals surface area contributed by atoms with Crippen LogP contribution in [0, 0.1) is 6.92 Å². The lowest BCUT2D eigenvalue weighted by Crippen LogP contribution is -2.44. The van der Waals surface area contributed by atoms with Crippen molar-refractivity contribution in [2.24, 2.45) is 0 Å². The minimum Gasteiger partial charge on any atom is -0.492 e. The number of hydrogen-bond acceptors (Lipinski definition) is 6. The molecule has 1 saturated heterocycles. The van der Waals surface area contributed by atoms with Crippen LogP contribution >= 0.6 is 11.3 Å².